The maximum absolute atomic E-state index is 12.6. The predicted molar refractivity (Wildman–Crippen MR) is 139 cm³/mol. The van der Waals surface area contributed by atoms with Gasteiger partial charge in [-0.1, -0.05) is 11.6 Å². The minimum absolute atomic E-state index is 0.156. The molecule has 1 aliphatic heterocycles. The summed E-state index contributed by atoms with van der Waals surface area (Å²) in [5.74, 6) is 0.665. The van der Waals surface area contributed by atoms with Crippen molar-refractivity contribution in [3.8, 4) is 5.75 Å². The number of methoxy groups -OCH3 is 1. The third-order valence-corrected chi connectivity index (χ3v) is 8.53. The standard InChI is InChI=1S/C24H27ClN4O3S2/c1-28(2)16-27-34(30,31)21-4-5-23(32-3)19(10-21)14-29-9-7-20(15-29)33-24-12-17-6-8-26-13-18(17)11-22(24)25/h4-6,8,10-13,16,20H,7,9,14-15H2,1-3H3/b27-16+/t20-/m0/s1. The van der Waals surface area contributed by atoms with Gasteiger partial charge in [0.1, 0.15) is 12.1 Å². The van der Waals surface area contributed by atoms with Crippen molar-refractivity contribution in [1.29, 1.82) is 0 Å². The number of aromatic nitrogens is 1. The Kier molecular flexibility index (Phi) is 7.67. The molecule has 0 amide bonds. The molecule has 1 aromatic heterocycles. The van der Waals surface area contributed by atoms with Crippen LogP contribution in [0, 0.1) is 0 Å². The van der Waals surface area contributed by atoms with E-state index in [0.29, 0.717) is 17.5 Å². The largest absolute Gasteiger partial charge is 0.496 e. The first-order chi connectivity index (χ1) is 16.2. The van der Waals surface area contributed by atoms with Gasteiger partial charge in [0, 0.05) is 60.7 Å². The summed E-state index contributed by atoms with van der Waals surface area (Å²) in [6, 6.07) is 11.0. The smallest absolute Gasteiger partial charge is 0.283 e. The Hall–Kier alpha value is -2.33. The van der Waals surface area contributed by atoms with E-state index in [1.54, 1.807) is 56.2 Å². The highest BCUT2D eigenvalue weighted by molar-refractivity contribution is 8.00. The number of pyridine rings is 1. The van der Waals surface area contributed by atoms with Crippen LogP contribution in [0.1, 0.15) is 12.0 Å². The lowest BCUT2D eigenvalue weighted by Crippen LogP contribution is -2.21. The van der Waals surface area contributed by atoms with Gasteiger partial charge in [0.2, 0.25) is 0 Å². The minimum atomic E-state index is -3.78. The van der Waals surface area contributed by atoms with Gasteiger partial charge in [-0.3, -0.25) is 9.88 Å². The Morgan fingerprint density at radius 1 is 1.26 bits per heavy atom. The van der Waals surface area contributed by atoms with Crippen LogP contribution in [-0.2, 0) is 16.6 Å². The number of sulfonamides is 1. The van der Waals surface area contributed by atoms with Crippen LogP contribution < -0.4 is 4.74 Å². The first kappa shape index (κ1) is 24.8. The summed E-state index contributed by atoms with van der Waals surface area (Å²) in [4.78, 5) is 9.28. The molecule has 0 aliphatic carbocycles. The molecule has 7 nitrogen and oxygen atoms in total. The van der Waals surface area contributed by atoms with Gasteiger partial charge in [-0.15, -0.1) is 16.2 Å². The topological polar surface area (TPSA) is 75.1 Å². The Morgan fingerprint density at radius 2 is 2.09 bits per heavy atom. The van der Waals surface area contributed by atoms with Crippen LogP contribution in [-0.4, -0.2) is 69.1 Å². The van der Waals surface area contributed by atoms with Crippen molar-refractivity contribution < 1.29 is 13.2 Å². The zero-order chi connectivity index (χ0) is 24.3. The van der Waals surface area contributed by atoms with Gasteiger partial charge in [0.15, 0.2) is 0 Å². The summed E-state index contributed by atoms with van der Waals surface area (Å²) < 4.78 is 34.5. The van der Waals surface area contributed by atoms with E-state index in [0.717, 1.165) is 45.8 Å². The highest BCUT2D eigenvalue weighted by atomic mass is 35.5. The van der Waals surface area contributed by atoms with E-state index in [-0.39, 0.29) is 4.90 Å². The molecule has 0 radical (unpaired) electrons. The lowest BCUT2D eigenvalue weighted by molar-refractivity contribution is 0.321. The van der Waals surface area contributed by atoms with Crippen molar-refractivity contribution in [2.24, 2.45) is 4.40 Å². The number of halogens is 1. The molecule has 34 heavy (non-hydrogen) atoms. The average molecular weight is 519 g/mol. The van der Waals surface area contributed by atoms with Gasteiger partial charge in [-0.2, -0.15) is 8.42 Å². The van der Waals surface area contributed by atoms with E-state index in [1.165, 1.54) is 12.4 Å². The third kappa shape index (κ3) is 5.83. The second-order valence-electron chi connectivity index (χ2n) is 8.40. The molecule has 0 unspecified atom stereocenters. The maximum Gasteiger partial charge on any atom is 0.283 e. The van der Waals surface area contributed by atoms with Crippen LogP contribution in [0.15, 0.2) is 63.0 Å². The molecule has 3 aromatic rings. The molecule has 1 atom stereocenters. The average Bonchev–Trinajstić information content (AvgIpc) is 3.25. The fourth-order valence-electron chi connectivity index (χ4n) is 3.89. The first-order valence-corrected chi connectivity index (χ1v) is 13.5. The molecular formula is C24H27ClN4O3S2. The zero-order valence-corrected chi connectivity index (χ0v) is 21.7. The summed E-state index contributed by atoms with van der Waals surface area (Å²) in [6.45, 7) is 2.37. The van der Waals surface area contributed by atoms with E-state index in [1.807, 2.05) is 18.3 Å². The number of nitrogens with zero attached hydrogens (tertiary/aromatic N) is 4. The molecule has 1 aliphatic rings. The van der Waals surface area contributed by atoms with Crippen molar-refractivity contribution in [3.05, 3.63) is 59.4 Å². The molecule has 1 saturated heterocycles. The lowest BCUT2D eigenvalue weighted by Gasteiger charge is -2.19. The molecular weight excluding hydrogens is 492 g/mol. The number of hydrogen-bond acceptors (Lipinski definition) is 6. The van der Waals surface area contributed by atoms with Crippen LogP contribution in [0.5, 0.6) is 5.75 Å². The van der Waals surface area contributed by atoms with Gasteiger partial charge in [0.25, 0.3) is 10.0 Å². The highest BCUT2D eigenvalue weighted by Crippen LogP contribution is 2.37. The Balaban J connectivity index is 1.47. The normalized spacial score (nSPS) is 17.0. The Labute approximate surface area is 209 Å². The molecule has 0 bridgehead atoms. The van der Waals surface area contributed by atoms with E-state index in [9.17, 15) is 8.42 Å². The molecule has 2 aromatic carbocycles. The number of thioether (sulfide) groups is 1. The maximum atomic E-state index is 12.6. The Morgan fingerprint density at radius 3 is 2.85 bits per heavy atom. The SMILES string of the molecule is COc1ccc(S(=O)(=O)/N=C/N(C)C)cc1CN1CC[C@H](Sc2cc3ccncc3cc2Cl)C1. The first-order valence-electron chi connectivity index (χ1n) is 10.8. The summed E-state index contributed by atoms with van der Waals surface area (Å²) in [7, 11) is 1.26. The molecule has 10 heteroatoms. The van der Waals surface area contributed by atoms with Crippen molar-refractivity contribution in [2.75, 3.05) is 34.3 Å². The predicted octanol–water partition coefficient (Wildman–Crippen LogP) is 4.54. The highest BCUT2D eigenvalue weighted by Gasteiger charge is 2.26. The molecule has 4 rings (SSSR count). The van der Waals surface area contributed by atoms with E-state index < -0.39 is 10.0 Å². The van der Waals surface area contributed by atoms with Gasteiger partial charge >= 0.3 is 0 Å². The van der Waals surface area contributed by atoms with Crippen molar-refractivity contribution in [3.63, 3.8) is 0 Å². The molecule has 0 saturated carbocycles. The summed E-state index contributed by atoms with van der Waals surface area (Å²) in [6.07, 6.45) is 5.91. The zero-order valence-electron chi connectivity index (χ0n) is 19.3. The molecule has 180 valence electrons. The molecule has 0 spiro atoms. The second-order valence-corrected chi connectivity index (χ2v) is 11.8. The lowest BCUT2D eigenvalue weighted by atomic mass is 10.2. The van der Waals surface area contributed by atoms with Crippen LogP contribution in [0.25, 0.3) is 10.8 Å². The van der Waals surface area contributed by atoms with Gasteiger partial charge in [-0.05, 0) is 54.8 Å². The molecule has 0 N–H and O–H groups in total. The van der Waals surface area contributed by atoms with E-state index in [2.05, 4.69) is 20.3 Å². The number of hydrogen-bond donors (Lipinski definition) is 0. The van der Waals surface area contributed by atoms with Gasteiger partial charge in [-0.25, -0.2) is 0 Å². The van der Waals surface area contributed by atoms with E-state index >= 15 is 0 Å². The monoisotopic (exact) mass is 518 g/mol. The number of likely N-dealkylation sites (tertiary alicyclic amines) is 1. The quantitative estimate of drug-likeness (QED) is 0.320. The second kappa shape index (κ2) is 10.5. The fourth-order valence-corrected chi connectivity index (χ4v) is 6.40. The van der Waals surface area contributed by atoms with Crippen LogP contribution >= 0.6 is 23.4 Å². The number of ether oxygens (including phenoxy) is 1. The number of fused-ring (bicyclic) bond motifs is 1. The van der Waals surface area contributed by atoms with Gasteiger partial charge < -0.3 is 9.64 Å². The Bertz CT molecular complexity index is 1310. The fraction of sp³-hybridized carbons (Fsp3) is 0.333. The molecule has 1 fully saturated rings. The summed E-state index contributed by atoms with van der Waals surface area (Å²) in [5, 5.41) is 3.28. The van der Waals surface area contributed by atoms with E-state index in [4.69, 9.17) is 16.3 Å². The van der Waals surface area contributed by atoms with Crippen LogP contribution in [0.4, 0.5) is 0 Å². The summed E-state index contributed by atoms with van der Waals surface area (Å²) in [5.41, 5.74) is 0.825. The molecule has 2 heterocycles. The van der Waals surface area contributed by atoms with Gasteiger partial charge in [0.05, 0.1) is 17.0 Å². The third-order valence-electron chi connectivity index (χ3n) is 5.57. The van der Waals surface area contributed by atoms with Crippen LogP contribution in [0.3, 0.4) is 0 Å². The van der Waals surface area contributed by atoms with Crippen molar-refractivity contribution in [1.82, 2.24) is 14.8 Å². The number of benzene rings is 2. The van der Waals surface area contributed by atoms with Crippen molar-refractivity contribution >= 4 is 50.5 Å². The number of rotatable bonds is 8. The van der Waals surface area contributed by atoms with Crippen LogP contribution in [0.2, 0.25) is 5.02 Å². The summed E-state index contributed by atoms with van der Waals surface area (Å²) >= 11 is 8.33. The van der Waals surface area contributed by atoms with Crippen molar-refractivity contribution in [2.45, 2.75) is 28.0 Å². The minimum Gasteiger partial charge on any atom is -0.496 e.